The van der Waals surface area contributed by atoms with Crippen LogP contribution in [-0.4, -0.2) is 28.6 Å². The summed E-state index contributed by atoms with van der Waals surface area (Å²) in [5, 5.41) is 9.71. The molecule has 2 unspecified atom stereocenters. The number of β-amino-alcohol motifs (C(OH)–C–C–N with tert-alkyl or cyclic N) is 1. The summed E-state index contributed by atoms with van der Waals surface area (Å²) in [6, 6.07) is 2.59. The van der Waals surface area contributed by atoms with Crippen molar-refractivity contribution in [2.45, 2.75) is 32.4 Å². The average Bonchev–Trinajstić information content (AvgIpc) is 2.73. The summed E-state index contributed by atoms with van der Waals surface area (Å²) in [6.45, 7) is 3.65. The predicted octanol–water partition coefficient (Wildman–Crippen LogP) is 2.26. The molecule has 0 aliphatic carbocycles. The monoisotopic (exact) mass is 269 g/mol. The van der Waals surface area contributed by atoms with Crippen LogP contribution in [0.4, 0.5) is 8.78 Å². The first kappa shape index (κ1) is 13.9. The molecule has 1 aliphatic rings. The number of rotatable bonds is 2. The van der Waals surface area contributed by atoms with Crippen molar-refractivity contribution in [2.24, 2.45) is 5.92 Å². The van der Waals surface area contributed by atoms with E-state index in [1.54, 1.807) is 13.8 Å². The van der Waals surface area contributed by atoms with E-state index in [0.29, 0.717) is 0 Å². The Balaban J connectivity index is 2.35. The Hall–Kier alpha value is -1.49. The molecule has 2 atom stereocenters. The molecule has 0 saturated carbocycles. The SMILES string of the molecule is CC(C)C(=O)N1CC(O)CC1c1cc(F)ccc1F. The highest BCUT2D eigenvalue weighted by atomic mass is 19.1. The minimum Gasteiger partial charge on any atom is -0.391 e. The number of hydrogen-bond donors (Lipinski definition) is 1. The number of carbonyl (C=O) groups excluding carboxylic acids is 1. The van der Waals surface area contributed by atoms with Crippen LogP contribution in [0.3, 0.4) is 0 Å². The number of benzene rings is 1. The second-order valence-corrected chi connectivity index (χ2v) is 5.22. The molecule has 1 aliphatic heterocycles. The molecule has 0 bridgehead atoms. The molecule has 19 heavy (non-hydrogen) atoms. The van der Waals surface area contributed by atoms with Crippen LogP contribution >= 0.6 is 0 Å². The number of likely N-dealkylation sites (tertiary alicyclic amines) is 1. The van der Waals surface area contributed by atoms with Gasteiger partial charge < -0.3 is 10.0 Å². The third-order valence-corrected chi connectivity index (χ3v) is 3.37. The zero-order valence-corrected chi connectivity index (χ0v) is 10.9. The smallest absolute Gasteiger partial charge is 0.225 e. The molecule has 1 fully saturated rings. The van der Waals surface area contributed by atoms with Crippen molar-refractivity contribution in [1.29, 1.82) is 0 Å². The van der Waals surface area contributed by atoms with Crippen LogP contribution < -0.4 is 0 Å². The lowest BCUT2D eigenvalue weighted by Gasteiger charge is -2.26. The van der Waals surface area contributed by atoms with Crippen molar-refractivity contribution in [1.82, 2.24) is 4.90 Å². The molecule has 104 valence electrons. The molecule has 0 aromatic heterocycles. The molecule has 1 amide bonds. The van der Waals surface area contributed by atoms with Gasteiger partial charge in [-0.15, -0.1) is 0 Å². The van der Waals surface area contributed by atoms with Crippen molar-refractivity contribution < 1.29 is 18.7 Å². The Bertz CT molecular complexity index is 490. The highest BCUT2D eigenvalue weighted by molar-refractivity contribution is 5.79. The number of amides is 1. The lowest BCUT2D eigenvalue weighted by atomic mass is 10.0. The van der Waals surface area contributed by atoms with E-state index in [9.17, 15) is 18.7 Å². The first-order chi connectivity index (χ1) is 8.90. The highest BCUT2D eigenvalue weighted by Gasteiger charge is 2.37. The van der Waals surface area contributed by atoms with Crippen LogP contribution in [0.1, 0.15) is 31.9 Å². The highest BCUT2D eigenvalue weighted by Crippen LogP contribution is 2.34. The number of hydrogen-bond acceptors (Lipinski definition) is 2. The van der Waals surface area contributed by atoms with Crippen molar-refractivity contribution in [3.63, 3.8) is 0 Å². The lowest BCUT2D eigenvalue weighted by molar-refractivity contribution is -0.135. The summed E-state index contributed by atoms with van der Waals surface area (Å²) in [7, 11) is 0. The standard InChI is InChI=1S/C14H17F2NO2/c1-8(2)14(19)17-7-10(18)6-13(17)11-5-9(15)3-4-12(11)16/h3-5,8,10,13,18H,6-7H2,1-2H3. The second-order valence-electron chi connectivity index (χ2n) is 5.22. The van der Waals surface area contributed by atoms with Crippen LogP contribution in [0.25, 0.3) is 0 Å². The minimum absolute atomic E-state index is 0.130. The third-order valence-electron chi connectivity index (χ3n) is 3.37. The van der Waals surface area contributed by atoms with E-state index in [1.807, 2.05) is 0 Å². The van der Waals surface area contributed by atoms with Crippen LogP contribution in [-0.2, 0) is 4.79 Å². The summed E-state index contributed by atoms with van der Waals surface area (Å²) in [5.74, 6) is -1.51. The van der Waals surface area contributed by atoms with E-state index >= 15 is 0 Å². The van der Waals surface area contributed by atoms with Gasteiger partial charge in [0.1, 0.15) is 11.6 Å². The van der Waals surface area contributed by atoms with E-state index in [0.717, 1.165) is 18.2 Å². The molecule has 1 N–H and O–H groups in total. The summed E-state index contributed by atoms with van der Waals surface area (Å²) in [6.07, 6.45) is -0.464. The number of aliphatic hydroxyl groups excluding tert-OH is 1. The van der Waals surface area contributed by atoms with E-state index in [2.05, 4.69) is 0 Å². The summed E-state index contributed by atoms with van der Waals surface area (Å²) in [5.41, 5.74) is 0.130. The average molecular weight is 269 g/mol. The second kappa shape index (κ2) is 5.25. The number of nitrogens with zero attached hydrogens (tertiary/aromatic N) is 1. The Kier molecular flexibility index (Phi) is 3.85. The fourth-order valence-corrected chi connectivity index (χ4v) is 2.45. The van der Waals surface area contributed by atoms with Gasteiger partial charge in [-0.3, -0.25) is 4.79 Å². The Labute approximate surface area is 110 Å². The van der Waals surface area contributed by atoms with Crippen molar-refractivity contribution in [2.75, 3.05) is 6.54 Å². The molecule has 1 aromatic carbocycles. The van der Waals surface area contributed by atoms with E-state index in [-0.39, 0.29) is 30.4 Å². The normalized spacial score (nSPS) is 23.2. The van der Waals surface area contributed by atoms with Crippen LogP contribution in [0.5, 0.6) is 0 Å². The largest absolute Gasteiger partial charge is 0.391 e. The zero-order valence-electron chi connectivity index (χ0n) is 10.9. The van der Waals surface area contributed by atoms with Gasteiger partial charge in [-0.2, -0.15) is 0 Å². The molecular weight excluding hydrogens is 252 g/mol. The number of halogens is 2. The van der Waals surface area contributed by atoms with Crippen LogP contribution in [0.2, 0.25) is 0 Å². The Morgan fingerprint density at radius 1 is 1.42 bits per heavy atom. The topological polar surface area (TPSA) is 40.5 Å². The zero-order chi connectivity index (χ0) is 14.2. The maximum absolute atomic E-state index is 13.8. The molecule has 1 aromatic rings. The van der Waals surface area contributed by atoms with Gasteiger partial charge in [-0.1, -0.05) is 13.8 Å². The van der Waals surface area contributed by atoms with Crippen LogP contribution in [0, 0.1) is 17.6 Å². The van der Waals surface area contributed by atoms with Gasteiger partial charge in [0.25, 0.3) is 0 Å². The maximum Gasteiger partial charge on any atom is 0.225 e. The number of aliphatic hydroxyl groups is 1. The van der Waals surface area contributed by atoms with Crippen molar-refractivity contribution in [3.8, 4) is 0 Å². The molecule has 0 radical (unpaired) electrons. The van der Waals surface area contributed by atoms with Crippen molar-refractivity contribution in [3.05, 3.63) is 35.4 Å². The van der Waals surface area contributed by atoms with Gasteiger partial charge in [-0.05, 0) is 24.6 Å². The van der Waals surface area contributed by atoms with E-state index in [4.69, 9.17) is 0 Å². The van der Waals surface area contributed by atoms with Gasteiger partial charge >= 0.3 is 0 Å². The summed E-state index contributed by atoms with van der Waals surface area (Å²) < 4.78 is 27.1. The first-order valence-corrected chi connectivity index (χ1v) is 6.33. The number of carbonyl (C=O) groups is 1. The van der Waals surface area contributed by atoms with Gasteiger partial charge in [0.15, 0.2) is 0 Å². The summed E-state index contributed by atoms with van der Waals surface area (Å²) >= 11 is 0. The van der Waals surface area contributed by atoms with Crippen LogP contribution in [0.15, 0.2) is 18.2 Å². The van der Waals surface area contributed by atoms with E-state index in [1.165, 1.54) is 4.90 Å². The quantitative estimate of drug-likeness (QED) is 0.894. The fraction of sp³-hybridized carbons (Fsp3) is 0.500. The van der Waals surface area contributed by atoms with E-state index < -0.39 is 23.8 Å². The minimum atomic E-state index is -0.699. The molecule has 0 spiro atoms. The molecule has 5 heteroatoms. The maximum atomic E-state index is 13.8. The lowest BCUT2D eigenvalue weighted by Crippen LogP contribution is -2.35. The molecular formula is C14H17F2NO2. The van der Waals surface area contributed by atoms with Crippen molar-refractivity contribution >= 4 is 5.91 Å². The molecule has 2 rings (SSSR count). The predicted molar refractivity (Wildman–Crippen MR) is 66.3 cm³/mol. The van der Waals surface area contributed by atoms with Gasteiger partial charge in [0, 0.05) is 18.0 Å². The van der Waals surface area contributed by atoms with Gasteiger partial charge in [0.2, 0.25) is 5.91 Å². The first-order valence-electron chi connectivity index (χ1n) is 6.33. The summed E-state index contributed by atoms with van der Waals surface area (Å²) in [4.78, 5) is 13.5. The fourth-order valence-electron chi connectivity index (χ4n) is 2.45. The molecule has 3 nitrogen and oxygen atoms in total. The van der Waals surface area contributed by atoms with Gasteiger partial charge in [-0.25, -0.2) is 8.78 Å². The third kappa shape index (κ3) is 2.76. The van der Waals surface area contributed by atoms with Gasteiger partial charge in [0.05, 0.1) is 12.1 Å². The Morgan fingerprint density at radius 2 is 2.11 bits per heavy atom. The molecule has 1 saturated heterocycles. The molecule has 1 heterocycles. The Morgan fingerprint density at radius 3 is 2.74 bits per heavy atom.